The van der Waals surface area contributed by atoms with Crippen molar-refractivity contribution in [1.29, 1.82) is 0 Å². The first kappa shape index (κ1) is 28.4. The first-order valence-corrected chi connectivity index (χ1v) is 14.8. The van der Waals surface area contributed by atoms with Gasteiger partial charge >= 0.3 is 0 Å². The number of para-hydroxylation sites is 1. The van der Waals surface area contributed by atoms with E-state index in [1.54, 1.807) is 30.3 Å². The second-order valence-corrected chi connectivity index (χ2v) is 12.3. The molecule has 1 amide bonds. The Morgan fingerprint density at radius 2 is 1.49 bits per heavy atom. The van der Waals surface area contributed by atoms with Crippen molar-refractivity contribution in [2.45, 2.75) is 9.79 Å². The lowest BCUT2D eigenvalue weighted by Gasteiger charge is -2.26. The molecular formula is C26H29N3O8S2. The molecule has 1 heterocycles. The van der Waals surface area contributed by atoms with E-state index >= 15 is 0 Å². The van der Waals surface area contributed by atoms with Crippen LogP contribution in [-0.4, -0.2) is 74.1 Å². The van der Waals surface area contributed by atoms with Crippen molar-refractivity contribution in [3.05, 3.63) is 72.8 Å². The number of benzene rings is 3. The Balaban J connectivity index is 1.55. The number of hydrogen-bond donors (Lipinski definition) is 1. The number of nitrogens with one attached hydrogen (secondary N) is 1. The molecule has 39 heavy (non-hydrogen) atoms. The van der Waals surface area contributed by atoms with Crippen molar-refractivity contribution in [3.8, 4) is 11.5 Å². The van der Waals surface area contributed by atoms with Gasteiger partial charge in [0, 0.05) is 24.8 Å². The van der Waals surface area contributed by atoms with Crippen LogP contribution in [0.4, 0.5) is 11.4 Å². The highest BCUT2D eigenvalue weighted by Gasteiger charge is 2.29. The molecule has 1 aliphatic rings. The van der Waals surface area contributed by atoms with E-state index in [9.17, 15) is 21.6 Å². The lowest BCUT2D eigenvalue weighted by molar-refractivity contribution is -0.114. The van der Waals surface area contributed by atoms with Crippen LogP contribution in [0.3, 0.4) is 0 Å². The number of carbonyl (C=O) groups excluding carboxylic acids is 1. The summed E-state index contributed by atoms with van der Waals surface area (Å²) in [6.07, 6.45) is 0. The molecule has 0 aromatic heterocycles. The Hall–Kier alpha value is -3.65. The minimum absolute atomic E-state index is 0.0874. The van der Waals surface area contributed by atoms with Crippen molar-refractivity contribution in [2.75, 3.05) is 56.7 Å². The molecule has 0 saturated carbocycles. The topological polar surface area (TPSA) is 132 Å². The zero-order chi connectivity index (χ0) is 28.0. The van der Waals surface area contributed by atoms with Crippen LogP contribution in [0.25, 0.3) is 0 Å². The summed E-state index contributed by atoms with van der Waals surface area (Å²) in [5.41, 5.74) is 0.604. The lowest BCUT2D eigenvalue weighted by Crippen LogP contribution is -2.40. The number of rotatable bonds is 10. The number of nitrogens with zero attached hydrogens (tertiary/aromatic N) is 2. The minimum Gasteiger partial charge on any atom is -0.493 e. The summed E-state index contributed by atoms with van der Waals surface area (Å²) >= 11 is 0. The van der Waals surface area contributed by atoms with Crippen LogP contribution >= 0.6 is 0 Å². The molecule has 1 N–H and O–H groups in total. The van der Waals surface area contributed by atoms with Crippen LogP contribution in [0.1, 0.15) is 0 Å². The number of sulfonamides is 2. The molecule has 0 aliphatic carbocycles. The van der Waals surface area contributed by atoms with Gasteiger partial charge in [-0.25, -0.2) is 16.8 Å². The summed E-state index contributed by atoms with van der Waals surface area (Å²) in [6, 6.07) is 18.1. The zero-order valence-electron chi connectivity index (χ0n) is 21.4. The molecule has 0 bridgehead atoms. The zero-order valence-corrected chi connectivity index (χ0v) is 23.1. The van der Waals surface area contributed by atoms with Gasteiger partial charge in [-0.2, -0.15) is 4.31 Å². The van der Waals surface area contributed by atoms with E-state index < -0.39 is 32.5 Å². The molecule has 0 atom stereocenters. The van der Waals surface area contributed by atoms with Gasteiger partial charge in [-0.3, -0.25) is 9.10 Å². The van der Waals surface area contributed by atoms with Gasteiger partial charge in [-0.15, -0.1) is 0 Å². The number of morpholine rings is 1. The average Bonchev–Trinajstić information content (AvgIpc) is 2.96. The van der Waals surface area contributed by atoms with Gasteiger partial charge in [0.25, 0.3) is 10.0 Å². The van der Waals surface area contributed by atoms with E-state index in [4.69, 9.17) is 14.2 Å². The van der Waals surface area contributed by atoms with Crippen LogP contribution in [-0.2, 0) is 29.6 Å². The fraction of sp³-hybridized carbons (Fsp3) is 0.269. The maximum absolute atomic E-state index is 13.7. The van der Waals surface area contributed by atoms with Crippen LogP contribution < -0.4 is 19.1 Å². The predicted molar refractivity (Wildman–Crippen MR) is 145 cm³/mol. The standard InChI is InChI=1S/C26H29N3O8S2/c1-35-24-13-12-23(18-25(24)36-2)39(33,34)29(21-6-4-3-5-7-21)19-26(30)27-20-8-10-22(11-9-20)38(31,32)28-14-16-37-17-15-28/h3-13,18H,14-17,19H2,1-2H3,(H,27,30). The van der Waals surface area contributed by atoms with Crippen LogP contribution in [0.5, 0.6) is 11.5 Å². The number of hydrogen-bond acceptors (Lipinski definition) is 8. The van der Waals surface area contributed by atoms with Crippen LogP contribution in [0.2, 0.25) is 0 Å². The van der Waals surface area contributed by atoms with Crippen molar-refractivity contribution in [2.24, 2.45) is 0 Å². The molecule has 1 aliphatic heterocycles. The average molecular weight is 576 g/mol. The van der Waals surface area contributed by atoms with Gasteiger partial charge in [0.2, 0.25) is 15.9 Å². The first-order valence-electron chi connectivity index (χ1n) is 11.9. The van der Waals surface area contributed by atoms with Gasteiger partial charge < -0.3 is 19.5 Å². The molecule has 208 valence electrons. The lowest BCUT2D eigenvalue weighted by atomic mass is 10.3. The maximum Gasteiger partial charge on any atom is 0.264 e. The Morgan fingerprint density at radius 1 is 0.872 bits per heavy atom. The van der Waals surface area contributed by atoms with E-state index in [0.717, 1.165) is 4.31 Å². The number of amides is 1. The summed E-state index contributed by atoms with van der Waals surface area (Å²) in [5, 5.41) is 2.65. The number of carbonyl (C=O) groups is 1. The Bertz CT molecular complexity index is 1510. The number of methoxy groups -OCH3 is 2. The molecule has 1 saturated heterocycles. The molecule has 0 unspecified atom stereocenters. The van der Waals surface area contributed by atoms with Crippen molar-refractivity contribution in [3.63, 3.8) is 0 Å². The third-order valence-corrected chi connectivity index (χ3v) is 9.70. The predicted octanol–water partition coefficient (Wildman–Crippen LogP) is 2.56. The van der Waals surface area contributed by atoms with Crippen molar-refractivity contribution in [1.82, 2.24) is 4.31 Å². The van der Waals surface area contributed by atoms with E-state index in [-0.39, 0.29) is 34.3 Å². The first-order chi connectivity index (χ1) is 18.7. The summed E-state index contributed by atoms with van der Waals surface area (Å²) < 4.78 is 71.0. The molecule has 0 spiro atoms. The highest BCUT2D eigenvalue weighted by molar-refractivity contribution is 7.92. The molecule has 11 nitrogen and oxygen atoms in total. The Labute approximate surface area is 228 Å². The summed E-state index contributed by atoms with van der Waals surface area (Å²) in [5.74, 6) is -0.0330. The Kier molecular flexibility index (Phi) is 8.75. The van der Waals surface area contributed by atoms with E-state index in [1.807, 2.05) is 0 Å². The van der Waals surface area contributed by atoms with Crippen molar-refractivity contribution < 1.29 is 35.8 Å². The smallest absolute Gasteiger partial charge is 0.264 e. The summed E-state index contributed by atoms with van der Waals surface area (Å²) in [4.78, 5) is 13.0. The number of ether oxygens (including phenoxy) is 3. The summed E-state index contributed by atoms with van der Waals surface area (Å²) in [6.45, 7) is 0.666. The molecule has 13 heteroatoms. The quantitative estimate of drug-likeness (QED) is 0.390. The van der Waals surface area contributed by atoms with Gasteiger partial charge in [0.1, 0.15) is 6.54 Å². The SMILES string of the molecule is COc1ccc(S(=O)(=O)N(CC(=O)Nc2ccc(S(=O)(=O)N3CCOCC3)cc2)c2ccccc2)cc1OC. The number of anilines is 2. The van der Waals surface area contributed by atoms with Gasteiger partial charge in [-0.05, 0) is 48.5 Å². The molecule has 4 rings (SSSR count). The molecule has 0 radical (unpaired) electrons. The third-order valence-electron chi connectivity index (χ3n) is 6.02. The van der Waals surface area contributed by atoms with E-state index in [1.165, 1.54) is 61.0 Å². The Morgan fingerprint density at radius 3 is 2.10 bits per heavy atom. The molecule has 1 fully saturated rings. The fourth-order valence-electron chi connectivity index (χ4n) is 3.99. The highest BCUT2D eigenvalue weighted by Crippen LogP contribution is 2.32. The highest BCUT2D eigenvalue weighted by atomic mass is 32.2. The maximum atomic E-state index is 13.7. The van der Waals surface area contributed by atoms with E-state index in [2.05, 4.69) is 5.32 Å². The third kappa shape index (κ3) is 6.33. The second-order valence-electron chi connectivity index (χ2n) is 8.45. The fourth-order valence-corrected chi connectivity index (χ4v) is 6.84. The van der Waals surface area contributed by atoms with E-state index in [0.29, 0.717) is 24.7 Å². The van der Waals surface area contributed by atoms with Crippen LogP contribution in [0.15, 0.2) is 82.6 Å². The molecule has 3 aromatic rings. The van der Waals surface area contributed by atoms with Crippen molar-refractivity contribution >= 4 is 37.3 Å². The monoisotopic (exact) mass is 575 g/mol. The molecular weight excluding hydrogens is 546 g/mol. The normalized spacial score (nSPS) is 14.4. The largest absolute Gasteiger partial charge is 0.493 e. The molecule has 3 aromatic carbocycles. The van der Waals surface area contributed by atoms with Crippen LogP contribution in [0, 0.1) is 0 Å². The summed E-state index contributed by atoms with van der Waals surface area (Å²) in [7, 11) is -5.05. The van der Waals surface area contributed by atoms with Gasteiger partial charge in [0.05, 0.1) is 42.9 Å². The van der Waals surface area contributed by atoms with Gasteiger partial charge in [-0.1, -0.05) is 18.2 Å². The van der Waals surface area contributed by atoms with Gasteiger partial charge in [0.15, 0.2) is 11.5 Å². The minimum atomic E-state index is -4.20. The second kappa shape index (κ2) is 12.0.